The number of amides is 1. The molecule has 1 aliphatic rings. The Balaban J connectivity index is 1.64. The van der Waals surface area contributed by atoms with Gasteiger partial charge in [0, 0.05) is 37.4 Å². The second-order valence-electron chi connectivity index (χ2n) is 5.38. The summed E-state index contributed by atoms with van der Waals surface area (Å²) in [6.07, 6.45) is 9.58. The number of rotatable bonds is 3. The van der Waals surface area contributed by atoms with E-state index in [4.69, 9.17) is 0 Å². The molecule has 21 heavy (non-hydrogen) atoms. The minimum Gasteiger partial charge on any atom is -0.337 e. The van der Waals surface area contributed by atoms with Crippen molar-refractivity contribution in [3.05, 3.63) is 54.4 Å². The molecule has 0 spiro atoms. The van der Waals surface area contributed by atoms with Gasteiger partial charge in [-0.1, -0.05) is 6.07 Å². The van der Waals surface area contributed by atoms with Gasteiger partial charge in [0.15, 0.2) is 0 Å². The van der Waals surface area contributed by atoms with E-state index in [1.807, 2.05) is 29.3 Å². The summed E-state index contributed by atoms with van der Waals surface area (Å²) in [6, 6.07) is 5.98. The van der Waals surface area contributed by atoms with Crippen LogP contribution < -0.4 is 0 Å². The first-order valence-electron chi connectivity index (χ1n) is 7.28. The lowest BCUT2D eigenvalue weighted by Gasteiger charge is -2.32. The highest BCUT2D eigenvalue weighted by molar-refractivity contribution is 5.92. The van der Waals surface area contributed by atoms with Crippen molar-refractivity contribution in [2.45, 2.75) is 19.3 Å². The number of likely N-dealkylation sites (tertiary alicyclic amines) is 1. The van der Waals surface area contributed by atoms with Crippen LogP contribution in [0.15, 0.2) is 43.0 Å². The van der Waals surface area contributed by atoms with Gasteiger partial charge in [0.05, 0.1) is 6.20 Å². The zero-order valence-electron chi connectivity index (χ0n) is 11.9. The summed E-state index contributed by atoms with van der Waals surface area (Å²) in [5.41, 5.74) is 1.52. The number of piperidine rings is 1. The number of aromatic nitrogens is 3. The molecule has 1 aliphatic heterocycles. The highest BCUT2D eigenvalue weighted by Crippen LogP contribution is 2.21. The molecule has 0 aliphatic carbocycles. The van der Waals surface area contributed by atoms with Gasteiger partial charge >= 0.3 is 0 Å². The third kappa shape index (κ3) is 3.42. The van der Waals surface area contributed by atoms with Gasteiger partial charge in [0.2, 0.25) is 0 Å². The van der Waals surface area contributed by atoms with E-state index in [0.717, 1.165) is 38.0 Å². The van der Waals surface area contributed by atoms with E-state index in [1.54, 1.807) is 12.4 Å². The lowest BCUT2D eigenvalue weighted by atomic mass is 9.93. The van der Waals surface area contributed by atoms with Gasteiger partial charge in [-0.2, -0.15) is 0 Å². The van der Waals surface area contributed by atoms with E-state index >= 15 is 0 Å². The van der Waals surface area contributed by atoms with Crippen LogP contribution in [0, 0.1) is 5.92 Å². The molecule has 3 rings (SSSR count). The minimum atomic E-state index is -0.0196. The lowest BCUT2D eigenvalue weighted by molar-refractivity contribution is 0.0666. The standard InChI is InChI=1S/C16H18N4O/c21-16(15-11-17-7-8-19-15)20-9-3-4-13(12-20)10-14-5-1-2-6-18-14/h1-2,5-8,11,13H,3-4,9-10,12H2. The highest BCUT2D eigenvalue weighted by atomic mass is 16.2. The molecule has 1 amide bonds. The normalized spacial score (nSPS) is 18.5. The molecular formula is C16H18N4O. The van der Waals surface area contributed by atoms with E-state index in [9.17, 15) is 4.79 Å². The van der Waals surface area contributed by atoms with Gasteiger partial charge < -0.3 is 4.90 Å². The smallest absolute Gasteiger partial charge is 0.274 e. The van der Waals surface area contributed by atoms with Gasteiger partial charge in [0.25, 0.3) is 5.91 Å². The van der Waals surface area contributed by atoms with Crippen molar-refractivity contribution in [3.8, 4) is 0 Å². The van der Waals surface area contributed by atoms with E-state index in [0.29, 0.717) is 11.6 Å². The Morgan fingerprint density at radius 1 is 1.24 bits per heavy atom. The van der Waals surface area contributed by atoms with Crippen LogP contribution in [0.5, 0.6) is 0 Å². The van der Waals surface area contributed by atoms with E-state index < -0.39 is 0 Å². The first-order valence-corrected chi connectivity index (χ1v) is 7.28. The fourth-order valence-electron chi connectivity index (χ4n) is 2.80. The van der Waals surface area contributed by atoms with Gasteiger partial charge in [-0.3, -0.25) is 14.8 Å². The first kappa shape index (κ1) is 13.7. The number of carbonyl (C=O) groups excluding carboxylic acids is 1. The molecule has 108 valence electrons. The average molecular weight is 282 g/mol. The van der Waals surface area contributed by atoms with E-state index in [2.05, 4.69) is 15.0 Å². The van der Waals surface area contributed by atoms with Crippen LogP contribution in [0.3, 0.4) is 0 Å². The van der Waals surface area contributed by atoms with Crippen molar-refractivity contribution in [1.82, 2.24) is 19.9 Å². The maximum Gasteiger partial charge on any atom is 0.274 e. The Morgan fingerprint density at radius 2 is 2.19 bits per heavy atom. The summed E-state index contributed by atoms with van der Waals surface area (Å²) in [7, 11) is 0. The van der Waals surface area contributed by atoms with Crippen molar-refractivity contribution in [2.24, 2.45) is 5.92 Å². The van der Waals surface area contributed by atoms with Crippen LogP contribution in [-0.2, 0) is 6.42 Å². The second kappa shape index (κ2) is 6.43. The maximum atomic E-state index is 12.4. The lowest BCUT2D eigenvalue weighted by Crippen LogP contribution is -2.40. The summed E-state index contributed by atoms with van der Waals surface area (Å²) in [4.78, 5) is 26.7. The van der Waals surface area contributed by atoms with Crippen molar-refractivity contribution in [2.75, 3.05) is 13.1 Å². The molecule has 1 unspecified atom stereocenters. The molecule has 3 heterocycles. The Morgan fingerprint density at radius 3 is 2.95 bits per heavy atom. The summed E-state index contributed by atoms with van der Waals surface area (Å²) in [5, 5.41) is 0. The van der Waals surface area contributed by atoms with Crippen LogP contribution in [-0.4, -0.2) is 38.8 Å². The molecule has 1 atom stereocenters. The number of pyridine rings is 1. The quantitative estimate of drug-likeness (QED) is 0.863. The van der Waals surface area contributed by atoms with Crippen LogP contribution >= 0.6 is 0 Å². The Labute approximate surface area is 124 Å². The number of hydrogen-bond donors (Lipinski definition) is 0. The van der Waals surface area contributed by atoms with Crippen LogP contribution in [0.4, 0.5) is 0 Å². The molecule has 2 aromatic rings. The fraction of sp³-hybridized carbons (Fsp3) is 0.375. The second-order valence-corrected chi connectivity index (χ2v) is 5.38. The Kier molecular flexibility index (Phi) is 4.19. The number of nitrogens with zero attached hydrogens (tertiary/aromatic N) is 4. The number of carbonyl (C=O) groups is 1. The predicted molar refractivity (Wildman–Crippen MR) is 78.6 cm³/mol. The molecule has 0 aromatic carbocycles. The molecule has 5 nitrogen and oxygen atoms in total. The Bertz CT molecular complexity index is 588. The summed E-state index contributed by atoms with van der Waals surface area (Å²) in [6.45, 7) is 1.57. The molecular weight excluding hydrogens is 264 g/mol. The third-order valence-corrected chi connectivity index (χ3v) is 3.81. The first-order chi connectivity index (χ1) is 10.3. The molecule has 0 bridgehead atoms. The highest BCUT2D eigenvalue weighted by Gasteiger charge is 2.25. The van der Waals surface area contributed by atoms with Crippen LogP contribution in [0.25, 0.3) is 0 Å². The van der Waals surface area contributed by atoms with Crippen molar-refractivity contribution < 1.29 is 4.79 Å². The average Bonchev–Trinajstić information content (AvgIpc) is 2.56. The van der Waals surface area contributed by atoms with E-state index in [-0.39, 0.29) is 5.91 Å². The predicted octanol–water partition coefficient (Wildman–Crippen LogP) is 1.97. The fourth-order valence-corrected chi connectivity index (χ4v) is 2.80. The molecule has 1 fully saturated rings. The van der Waals surface area contributed by atoms with Gasteiger partial charge in [-0.05, 0) is 37.3 Å². The topological polar surface area (TPSA) is 59.0 Å². The summed E-state index contributed by atoms with van der Waals surface area (Å²) >= 11 is 0. The molecule has 0 saturated carbocycles. The minimum absolute atomic E-state index is 0.0196. The van der Waals surface area contributed by atoms with Gasteiger partial charge in [-0.15, -0.1) is 0 Å². The van der Waals surface area contributed by atoms with Gasteiger partial charge in [-0.25, -0.2) is 4.98 Å². The summed E-state index contributed by atoms with van der Waals surface area (Å²) in [5.74, 6) is 0.447. The van der Waals surface area contributed by atoms with Crippen molar-refractivity contribution in [1.29, 1.82) is 0 Å². The zero-order valence-corrected chi connectivity index (χ0v) is 11.9. The van der Waals surface area contributed by atoms with E-state index in [1.165, 1.54) is 6.20 Å². The molecule has 2 aromatic heterocycles. The van der Waals surface area contributed by atoms with Crippen molar-refractivity contribution in [3.63, 3.8) is 0 Å². The van der Waals surface area contributed by atoms with Gasteiger partial charge in [0.1, 0.15) is 5.69 Å². The molecule has 1 saturated heterocycles. The SMILES string of the molecule is O=C(c1cnccn1)N1CCCC(Cc2ccccn2)C1. The number of hydrogen-bond acceptors (Lipinski definition) is 4. The zero-order chi connectivity index (χ0) is 14.5. The maximum absolute atomic E-state index is 12.4. The largest absolute Gasteiger partial charge is 0.337 e. The van der Waals surface area contributed by atoms with Crippen molar-refractivity contribution >= 4 is 5.91 Å². The monoisotopic (exact) mass is 282 g/mol. The van der Waals surface area contributed by atoms with Crippen LogP contribution in [0.2, 0.25) is 0 Å². The van der Waals surface area contributed by atoms with Crippen LogP contribution in [0.1, 0.15) is 29.0 Å². The molecule has 0 radical (unpaired) electrons. The molecule has 5 heteroatoms. The summed E-state index contributed by atoms with van der Waals surface area (Å²) < 4.78 is 0. The third-order valence-electron chi connectivity index (χ3n) is 3.81. The molecule has 0 N–H and O–H groups in total. The Hall–Kier alpha value is -2.30.